The van der Waals surface area contributed by atoms with Gasteiger partial charge in [-0.3, -0.25) is 0 Å². The average Bonchev–Trinajstić information content (AvgIpc) is 3.44. The average molecular weight is 793 g/mol. The molecule has 0 atom stereocenters. The first-order valence-corrected chi connectivity index (χ1v) is 22.5. The molecule has 48 heavy (non-hydrogen) atoms. The number of benzene rings is 4. The number of halogens is 3. The molecule has 260 valence electrons. The quantitative estimate of drug-likeness (QED) is 0.142. The predicted octanol–water partition coefficient (Wildman–Crippen LogP) is 12.3. The Morgan fingerprint density at radius 3 is 1.60 bits per heavy atom. The second kappa shape index (κ2) is 17.0. The molecule has 1 aliphatic heterocycles. The number of aryl methyl sites for hydroxylation is 6. The van der Waals surface area contributed by atoms with Gasteiger partial charge in [-0.25, -0.2) is 0 Å². The van der Waals surface area contributed by atoms with Crippen molar-refractivity contribution < 1.29 is 13.5 Å². The van der Waals surface area contributed by atoms with Crippen molar-refractivity contribution in [2.75, 3.05) is 28.2 Å². The van der Waals surface area contributed by atoms with E-state index in [9.17, 15) is 0 Å². The van der Waals surface area contributed by atoms with Gasteiger partial charge in [0.15, 0.2) is 0 Å². The number of para-hydroxylation sites is 1. The summed E-state index contributed by atoms with van der Waals surface area (Å²) in [5, 5.41) is 4.36. The summed E-state index contributed by atoms with van der Waals surface area (Å²) in [5.41, 5.74) is 16.9. The van der Waals surface area contributed by atoms with E-state index in [-0.39, 0.29) is 0 Å². The summed E-state index contributed by atoms with van der Waals surface area (Å²) in [7, 11) is 12.2. The molecular weight excluding hydrogens is 742 g/mol. The Bertz CT molecular complexity index is 1640. The van der Waals surface area contributed by atoms with Crippen molar-refractivity contribution in [3.63, 3.8) is 0 Å². The largest absolute Gasteiger partial charge is 0.502 e. The molecule has 5 rings (SSSR count). The van der Waals surface area contributed by atoms with Gasteiger partial charge in [0.2, 0.25) is 0 Å². The molecule has 0 amide bonds. The minimum atomic E-state index is -1.91. The molecule has 1 heterocycles. The van der Waals surface area contributed by atoms with Gasteiger partial charge in [-0.2, -0.15) is 6.67 Å². The fourth-order valence-electron chi connectivity index (χ4n) is 6.93. The van der Waals surface area contributed by atoms with Crippen LogP contribution in [0.1, 0.15) is 95.2 Å². The van der Waals surface area contributed by atoms with Gasteiger partial charge in [0.05, 0.1) is 0 Å². The van der Waals surface area contributed by atoms with Crippen LogP contribution in [0.5, 0.6) is 0 Å². The van der Waals surface area contributed by atoms with Crippen LogP contribution in [0.3, 0.4) is 0 Å². The van der Waals surface area contributed by atoms with Crippen LogP contribution in [0.4, 0.5) is 17.1 Å². The molecule has 4 aromatic carbocycles. The van der Waals surface area contributed by atoms with Gasteiger partial charge in [0, 0.05) is 24.5 Å². The van der Waals surface area contributed by atoms with Gasteiger partial charge in [-0.05, 0) is 63.8 Å². The summed E-state index contributed by atoms with van der Waals surface area (Å²) in [5.74, 6) is 0.917. The van der Waals surface area contributed by atoms with E-state index in [2.05, 4.69) is 133 Å². The van der Waals surface area contributed by atoms with Crippen molar-refractivity contribution in [1.82, 2.24) is 0 Å². The normalized spacial score (nSPS) is 13.2. The van der Waals surface area contributed by atoms with E-state index >= 15 is 0 Å². The van der Waals surface area contributed by atoms with E-state index in [1.807, 2.05) is 22.8 Å². The Hall–Kier alpha value is -2.36. The predicted molar refractivity (Wildman–Crippen MR) is 211 cm³/mol. The monoisotopic (exact) mass is 792 g/mol. The van der Waals surface area contributed by atoms with Gasteiger partial charge in [-0.15, -0.1) is 0 Å². The second-order valence-corrected chi connectivity index (χ2v) is 19.8. The Kier molecular flexibility index (Phi) is 13.6. The molecule has 7 heteroatoms. The van der Waals surface area contributed by atoms with Crippen molar-refractivity contribution in [3.05, 3.63) is 128 Å². The van der Waals surface area contributed by atoms with Gasteiger partial charge < -0.3 is 9.80 Å². The van der Waals surface area contributed by atoms with E-state index in [4.69, 9.17) is 31.0 Å². The maximum atomic E-state index is 6.14. The Labute approximate surface area is 308 Å². The molecule has 0 saturated carbocycles. The number of anilines is 3. The molecule has 0 radical (unpaired) electrons. The molecular formula is C41H51Cl3N3Ru-. The number of rotatable bonds is 8. The number of nitrogens with one attached hydrogen (secondary N) is 1. The molecule has 0 aromatic heterocycles. The molecule has 3 nitrogen and oxygen atoms in total. The topological polar surface area (TPSA) is 18.5 Å². The van der Waals surface area contributed by atoms with Crippen molar-refractivity contribution in [1.29, 1.82) is 0 Å². The van der Waals surface area contributed by atoms with E-state index in [0.29, 0.717) is 23.4 Å². The van der Waals surface area contributed by atoms with Crippen LogP contribution in [0.2, 0.25) is 5.02 Å². The third-order valence-corrected chi connectivity index (χ3v) is 10.9. The molecule has 4 aromatic rings. The summed E-state index contributed by atoms with van der Waals surface area (Å²) in [6, 6.07) is 21.6. The van der Waals surface area contributed by atoms with Gasteiger partial charge in [0.25, 0.3) is 0 Å². The smallest absolute Gasteiger partial charge is 0.0146 e. The van der Waals surface area contributed by atoms with Crippen molar-refractivity contribution in [3.8, 4) is 0 Å². The molecule has 0 spiro atoms. The van der Waals surface area contributed by atoms with E-state index in [1.54, 1.807) is 0 Å². The van der Waals surface area contributed by atoms with Crippen LogP contribution in [0.25, 0.3) is 0 Å². The van der Waals surface area contributed by atoms with Gasteiger partial charge >= 0.3 is 170 Å². The van der Waals surface area contributed by atoms with Crippen molar-refractivity contribution in [2.45, 2.75) is 87.6 Å². The molecule has 1 fully saturated rings. The Morgan fingerprint density at radius 2 is 1.19 bits per heavy atom. The number of nitrogens with zero attached hydrogens (tertiary/aromatic N) is 2. The first-order chi connectivity index (χ1) is 22.7. The van der Waals surface area contributed by atoms with E-state index in [1.165, 1.54) is 61.6 Å². The first kappa shape index (κ1) is 38.4. The summed E-state index contributed by atoms with van der Waals surface area (Å²) in [6.07, 6.45) is 0. The van der Waals surface area contributed by atoms with Crippen LogP contribution >= 0.6 is 31.0 Å². The summed E-state index contributed by atoms with van der Waals surface area (Å²) >= 11 is 4.23. The molecule has 1 N–H and O–H groups in total. The number of hydrogen-bond acceptors (Lipinski definition) is 3. The first-order valence-electron chi connectivity index (χ1n) is 16.7. The zero-order chi connectivity index (χ0) is 35.3. The molecule has 1 saturated heterocycles. The maximum absolute atomic E-state index is 6.14. The third kappa shape index (κ3) is 9.66. The third-order valence-electron chi connectivity index (χ3n) is 8.83. The summed E-state index contributed by atoms with van der Waals surface area (Å²) in [6.45, 7) is 27.2. The van der Waals surface area contributed by atoms with Gasteiger partial charge in [0.1, 0.15) is 0 Å². The standard InChI is InChI=1S/C21H27N2.C20H24ClN.2ClH.Ru/c1-14-9-16(3)20(17(4)10-14)22-7-8-23(13-22)21-18(5)11-15(2)12-19(21)6;1-13(2)18-7-6-8-19(14(3)4)20(18)22-12-16-9-10-17(21)11-15(16)5;;;/h9-13H,7-8H2,1-6H3;5-11,13-14,22H,12H2,1-4H3;2*1H;/q-1;;;;+2/p-2. The van der Waals surface area contributed by atoms with Gasteiger partial charge in [-0.1, -0.05) is 35.4 Å². The number of hydrogen-bond donors (Lipinski definition) is 1. The zero-order valence-corrected chi connectivity index (χ0v) is 34.1. The van der Waals surface area contributed by atoms with E-state index in [0.717, 1.165) is 24.2 Å². The maximum Gasteiger partial charge on any atom is 0.0146 e. The summed E-state index contributed by atoms with van der Waals surface area (Å²) < 4.78 is 1.95. The van der Waals surface area contributed by atoms with Crippen LogP contribution < -0.4 is 15.1 Å². The van der Waals surface area contributed by atoms with E-state index < -0.39 is 13.5 Å². The fourth-order valence-corrected chi connectivity index (χ4v) is 8.97. The molecule has 1 aliphatic rings. The van der Waals surface area contributed by atoms with Crippen molar-refractivity contribution in [2.24, 2.45) is 0 Å². The molecule has 0 aliphatic carbocycles. The second-order valence-electron chi connectivity index (χ2n) is 13.6. The summed E-state index contributed by atoms with van der Waals surface area (Å²) in [4.78, 5) is 4.81. The van der Waals surface area contributed by atoms with Crippen LogP contribution in [-0.2, 0) is 20.1 Å². The molecule has 0 unspecified atom stereocenters. The van der Waals surface area contributed by atoms with Crippen LogP contribution in [0.15, 0.2) is 60.7 Å². The molecule has 0 bridgehead atoms. The van der Waals surface area contributed by atoms with Crippen LogP contribution in [-0.4, -0.2) is 17.7 Å². The minimum Gasteiger partial charge on any atom is -0.502 e. The Balaban J connectivity index is 0.000000217. The minimum absolute atomic E-state index is 0.458. The van der Waals surface area contributed by atoms with Crippen LogP contribution in [0, 0.1) is 48.2 Å². The fraction of sp³-hybridized carbons (Fsp3) is 0.366. The van der Waals surface area contributed by atoms with Crippen molar-refractivity contribution >= 4 is 52.7 Å². The Morgan fingerprint density at radius 1 is 0.729 bits per heavy atom. The zero-order valence-electron chi connectivity index (χ0n) is 30.1. The SMILES string of the molecule is CC(C)c1cccc(C(C)C)c1NCc1ccc(Cl)cc1[CH]=[Ru]([Cl])[Cl].Cc1cc(C)c(N2[CH-]N(c3c(C)cc(C)cc3C)CC2)c(C)c1.